The summed E-state index contributed by atoms with van der Waals surface area (Å²) in [7, 11) is 0. The second kappa shape index (κ2) is 8.28. The fraction of sp³-hybridized carbons (Fsp3) is 0.588. The number of aliphatic carboxylic acids is 1. The Morgan fingerprint density at radius 1 is 1.38 bits per heavy atom. The van der Waals surface area contributed by atoms with Crippen LogP contribution < -0.4 is 9.47 Å². The number of halogens is 2. The van der Waals surface area contributed by atoms with Crippen LogP contribution in [0, 0.1) is 11.8 Å². The van der Waals surface area contributed by atoms with Crippen LogP contribution in [0.5, 0.6) is 11.5 Å². The molecule has 0 bridgehead atoms. The van der Waals surface area contributed by atoms with E-state index >= 15 is 0 Å². The molecule has 0 aliphatic carbocycles. The lowest BCUT2D eigenvalue weighted by Crippen LogP contribution is -2.41. The third kappa shape index (κ3) is 5.06. The first kappa shape index (κ1) is 18.4. The van der Waals surface area contributed by atoms with Gasteiger partial charge in [-0.1, -0.05) is 13.0 Å². The largest absolute Gasteiger partial charge is 0.490 e. The zero-order valence-corrected chi connectivity index (χ0v) is 13.9. The van der Waals surface area contributed by atoms with Crippen molar-refractivity contribution in [3.8, 4) is 11.5 Å². The molecule has 2 rings (SSSR count). The molecule has 0 saturated carbocycles. The van der Waals surface area contributed by atoms with Gasteiger partial charge in [-0.15, -0.1) is 0 Å². The molecule has 1 aromatic rings. The monoisotopic (exact) mass is 343 g/mol. The van der Waals surface area contributed by atoms with Gasteiger partial charge in [0.1, 0.15) is 0 Å². The van der Waals surface area contributed by atoms with E-state index in [9.17, 15) is 18.7 Å². The van der Waals surface area contributed by atoms with E-state index in [1.807, 2.05) is 6.92 Å². The number of hydrogen-bond acceptors (Lipinski definition) is 4. The average Bonchev–Trinajstić information content (AvgIpc) is 2.49. The highest BCUT2D eigenvalue weighted by atomic mass is 19.3. The van der Waals surface area contributed by atoms with Crippen LogP contribution in [0.3, 0.4) is 0 Å². The minimum atomic E-state index is -2.91. The van der Waals surface area contributed by atoms with Crippen molar-refractivity contribution < 1.29 is 28.2 Å². The predicted molar refractivity (Wildman–Crippen MR) is 84.4 cm³/mol. The second-order valence-corrected chi connectivity index (χ2v) is 6.16. The van der Waals surface area contributed by atoms with Gasteiger partial charge in [-0.2, -0.15) is 8.78 Å². The topological polar surface area (TPSA) is 59.0 Å². The summed E-state index contributed by atoms with van der Waals surface area (Å²) in [6.45, 7) is 3.07. The van der Waals surface area contributed by atoms with E-state index in [0.29, 0.717) is 32.0 Å². The van der Waals surface area contributed by atoms with Crippen molar-refractivity contribution in [3.05, 3.63) is 23.8 Å². The molecule has 2 atom stereocenters. The maximum atomic E-state index is 12.4. The van der Waals surface area contributed by atoms with E-state index in [-0.39, 0.29) is 17.4 Å². The van der Waals surface area contributed by atoms with Crippen LogP contribution in [0.4, 0.5) is 8.78 Å². The number of carboxylic acids is 1. The Kier molecular flexibility index (Phi) is 6.36. The Labute approximate surface area is 140 Å². The van der Waals surface area contributed by atoms with Crippen molar-refractivity contribution in [2.24, 2.45) is 11.8 Å². The van der Waals surface area contributed by atoms with Crippen molar-refractivity contribution in [2.75, 3.05) is 19.7 Å². The molecule has 0 amide bonds. The van der Waals surface area contributed by atoms with E-state index in [2.05, 4.69) is 9.64 Å². The van der Waals surface area contributed by atoms with Crippen LogP contribution in [-0.4, -0.2) is 42.3 Å². The second-order valence-electron chi connectivity index (χ2n) is 6.16. The van der Waals surface area contributed by atoms with Gasteiger partial charge in [0.25, 0.3) is 0 Å². The van der Waals surface area contributed by atoms with Gasteiger partial charge in [0, 0.05) is 19.6 Å². The predicted octanol–water partition coefficient (Wildman–Crippen LogP) is 3.23. The standard InChI is InChI=1S/C17H23F2NO4/c1-3-23-15-7-12(4-5-14(15)24-17(18)19)9-20-8-11(2)6-13(10-20)16(21)22/h4-5,7,11,13,17H,3,6,8-10H2,1-2H3,(H,21,22). The number of ether oxygens (including phenoxy) is 2. The number of carbonyl (C=O) groups is 1. The van der Waals surface area contributed by atoms with Crippen molar-refractivity contribution >= 4 is 5.97 Å². The van der Waals surface area contributed by atoms with Crippen LogP contribution in [0.25, 0.3) is 0 Å². The third-order valence-corrected chi connectivity index (χ3v) is 4.01. The lowest BCUT2D eigenvalue weighted by atomic mass is 9.90. The van der Waals surface area contributed by atoms with Crippen LogP contribution >= 0.6 is 0 Å². The highest BCUT2D eigenvalue weighted by Gasteiger charge is 2.29. The molecule has 134 valence electrons. The fourth-order valence-corrected chi connectivity index (χ4v) is 3.14. The first-order chi connectivity index (χ1) is 11.4. The summed E-state index contributed by atoms with van der Waals surface area (Å²) >= 11 is 0. The van der Waals surface area contributed by atoms with E-state index in [1.165, 1.54) is 6.07 Å². The van der Waals surface area contributed by atoms with E-state index in [4.69, 9.17) is 4.74 Å². The highest BCUT2D eigenvalue weighted by molar-refractivity contribution is 5.70. The number of hydrogen-bond donors (Lipinski definition) is 1. The Balaban J connectivity index is 2.11. The quantitative estimate of drug-likeness (QED) is 0.824. The van der Waals surface area contributed by atoms with E-state index < -0.39 is 12.6 Å². The number of nitrogens with zero attached hydrogens (tertiary/aromatic N) is 1. The van der Waals surface area contributed by atoms with Gasteiger partial charge >= 0.3 is 12.6 Å². The lowest BCUT2D eigenvalue weighted by molar-refractivity contribution is -0.144. The fourth-order valence-electron chi connectivity index (χ4n) is 3.14. The summed E-state index contributed by atoms with van der Waals surface area (Å²) in [4.78, 5) is 13.3. The third-order valence-electron chi connectivity index (χ3n) is 4.01. The molecule has 1 aliphatic rings. The van der Waals surface area contributed by atoms with Crippen molar-refractivity contribution in [3.63, 3.8) is 0 Å². The van der Waals surface area contributed by atoms with Crippen molar-refractivity contribution in [2.45, 2.75) is 33.4 Å². The Hall–Kier alpha value is -1.89. The molecule has 0 aromatic heterocycles. The molecule has 0 spiro atoms. The molecule has 1 heterocycles. The molecule has 1 aromatic carbocycles. The number of likely N-dealkylation sites (tertiary alicyclic amines) is 1. The van der Waals surface area contributed by atoms with Gasteiger partial charge in [-0.3, -0.25) is 9.69 Å². The number of alkyl halides is 2. The SMILES string of the molecule is CCOc1cc(CN2CC(C)CC(C(=O)O)C2)ccc1OC(F)F. The van der Waals surface area contributed by atoms with Gasteiger partial charge in [0.15, 0.2) is 11.5 Å². The summed E-state index contributed by atoms with van der Waals surface area (Å²) in [5.41, 5.74) is 0.873. The number of benzene rings is 1. The minimum Gasteiger partial charge on any atom is -0.490 e. The molecule has 0 radical (unpaired) electrons. The van der Waals surface area contributed by atoms with Crippen LogP contribution in [-0.2, 0) is 11.3 Å². The summed E-state index contributed by atoms with van der Waals surface area (Å²) in [6, 6.07) is 4.85. The molecule has 1 saturated heterocycles. The highest BCUT2D eigenvalue weighted by Crippen LogP contribution is 2.31. The zero-order valence-electron chi connectivity index (χ0n) is 13.9. The number of rotatable bonds is 7. The van der Waals surface area contributed by atoms with E-state index in [0.717, 1.165) is 12.1 Å². The summed E-state index contributed by atoms with van der Waals surface area (Å²) < 4.78 is 34.7. The first-order valence-electron chi connectivity index (χ1n) is 8.04. The van der Waals surface area contributed by atoms with Gasteiger partial charge in [0.2, 0.25) is 0 Å². The van der Waals surface area contributed by atoms with Gasteiger partial charge in [-0.25, -0.2) is 0 Å². The Morgan fingerprint density at radius 3 is 2.75 bits per heavy atom. The summed E-state index contributed by atoms with van der Waals surface area (Å²) in [5.74, 6) is -0.572. The molecule has 24 heavy (non-hydrogen) atoms. The van der Waals surface area contributed by atoms with Crippen molar-refractivity contribution in [1.29, 1.82) is 0 Å². The van der Waals surface area contributed by atoms with Gasteiger partial charge in [0.05, 0.1) is 12.5 Å². The van der Waals surface area contributed by atoms with Crippen molar-refractivity contribution in [1.82, 2.24) is 4.90 Å². The average molecular weight is 343 g/mol. The molecular formula is C17H23F2NO4. The molecule has 1 fully saturated rings. The normalized spacial score (nSPS) is 21.7. The summed E-state index contributed by atoms with van der Waals surface area (Å²) in [6.07, 6.45) is 0.678. The summed E-state index contributed by atoms with van der Waals surface area (Å²) in [5, 5.41) is 9.24. The van der Waals surface area contributed by atoms with Gasteiger partial charge in [-0.05, 0) is 37.0 Å². The maximum Gasteiger partial charge on any atom is 0.387 e. The number of carboxylic acid groups (broad SMARTS) is 1. The molecule has 2 unspecified atom stereocenters. The first-order valence-corrected chi connectivity index (χ1v) is 8.04. The van der Waals surface area contributed by atoms with Crippen LogP contribution in [0.15, 0.2) is 18.2 Å². The zero-order chi connectivity index (χ0) is 17.7. The Morgan fingerprint density at radius 2 is 2.12 bits per heavy atom. The van der Waals surface area contributed by atoms with Gasteiger partial charge < -0.3 is 14.6 Å². The Bertz CT molecular complexity index is 568. The molecule has 1 aliphatic heterocycles. The minimum absolute atomic E-state index is 0.00558. The molecule has 7 heteroatoms. The molecule has 1 N–H and O–H groups in total. The van der Waals surface area contributed by atoms with Crippen LogP contribution in [0.2, 0.25) is 0 Å². The molecular weight excluding hydrogens is 320 g/mol. The number of piperidine rings is 1. The maximum absolute atomic E-state index is 12.4. The van der Waals surface area contributed by atoms with E-state index in [1.54, 1.807) is 19.1 Å². The molecule has 5 nitrogen and oxygen atoms in total. The smallest absolute Gasteiger partial charge is 0.387 e. The lowest BCUT2D eigenvalue weighted by Gasteiger charge is -2.34. The van der Waals surface area contributed by atoms with Crippen LogP contribution in [0.1, 0.15) is 25.8 Å².